The highest BCUT2D eigenvalue weighted by Gasteiger charge is 2.28. The molecule has 0 saturated carbocycles. The second-order valence-corrected chi connectivity index (χ2v) is 9.66. The van der Waals surface area contributed by atoms with Crippen molar-refractivity contribution >= 4 is 69.2 Å². The number of morpholine rings is 1. The van der Waals surface area contributed by atoms with Crippen LogP contribution in [-0.4, -0.2) is 59.2 Å². The fourth-order valence-electron chi connectivity index (χ4n) is 4.11. The monoisotopic (exact) mass is 573 g/mol. The predicted octanol–water partition coefficient (Wildman–Crippen LogP) is 2.31. The number of ether oxygens (including phenoxy) is 1. The van der Waals surface area contributed by atoms with Crippen LogP contribution in [-0.2, 0) is 9.53 Å². The lowest BCUT2D eigenvalue weighted by atomic mass is 10.0. The van der Waals surface area contributed by atoms with Crippen molar-refractivity contribution in [2.75, 3.05) is 41.8 Å². The van der Waals surface area contributed by atoms with Crippen LogP contribution in [0.15, 0.2) is 57.2 Å². The van der Waals surface area contributed by atoms with Crippen molar-refractivity contribution in [1.29, 1.82) is 0 Å². The van der Waals surface area contributed by atoms with Gasteiger partial charge in [0.1, 0.15) is 0 Å². The third-order valence-electron chi connectivity index (χ3n) is 5.90. The largest absolute Gasteiger partial charge is 0.378 e. The number of amides is 1. The van der Waals surface area contributed by atoms with Crippen LogP contribution in [0.2, 0.25) is 10.0 Å². The van der Waals surface area contributed by atoms with E-state index in [2.05, 4.69) is 35.8 Å². The first-order chi connectivity index (χ1) is 18.3. The number of nitrogens with one attached hydrogen (secondary N) is 5. The van der Waals surface area contributed by atoms with Crippen LogP contribution in [0.4, 0.5) is 17.1 Å². The number of rotatable bonds is 4. The van der Waals surface area contributed by atoms with Gasteiger partial charge >= 0.3 is 5.69 Å². The van der Waals surface area contributed by atoms with Gasteiger partial charge in [-0.25, -0.2) is 9.79 Å². The number of thiocarbonyl (C=S) groups is 1. The summed E-state index contributed by atoms with van der Waals surface area (Å²) in [4.78, 5) is 48.4. The van der Waals surface area contributed by atoms with E-state index < -0.39 is 23.3 Å². The lowest BCUT2D eigenvalue weighted by Crippen LogP contribution is -2.44. The molecule has 3 heterocycles. The molecule has 0 aliphatic carbocycles. The molecule has 2 aliphatic rings. The molecule has 1 saturated heterocycles. The van der Waals surface area contributed by atoms with E-state index in [0.29, 0.717) is 40.2 Å². The van der Waals surface area contributed by atoms with Crippen molar-refractivity contribution in [2.45, 2.75) is 6.17 Å². The van der Waals surface area contributed by atoms with Gasteiger partial charge in [-0.05, 0) is 48.6 Å². The van der Waals surface area contributed by atoms with E-state index in [1.54, 1.807) is 24.3 Å². The molecule has 1 unspecified atom stereocenters. The summed E-state index contributed by atoms with van der Waals surface area (Å²) >= 11 is 18.2. The van der Waals surface area contributed by atoms with Crippen molar-refractivity contribution in [3.8, 4) is 0 Å². The van der Waals surface area contributed by atoms with Crippen LogP contribution in [0.1, 0.15) is 11.1 Å². The van der Waals surface area contributed by atoms with E-state index in [4.69, 9.17) is 40.2 Å². The summed E-state index contributed by atoms with van der Waals surface area (Å²) in [5.41, 5.74) is 1.11. The fraction of sp³-hybridized carbons (Fsp3) is 0.208. The molecule has 0 bridgehead atoms. The van der Waals surface area contributed by atoms with E-state index in [1.807, 2.05) is 12.1 Å². The molecular weight excluding hydrogens is 553 g/mol. The maximum Gasteiger partial charge on any atom is 0.325 e. The molecule has 2 aromatic carbocycles. The highest BCUT2D eigenvalue weighted by Crippen LogP contribution is 2.30. The zero-order valence-electron chi connectivity index (χ0n) is 19.6. The highest BCUT2D eigenvalue weighted by molar-refractivity contribution is 7.80. The second-order valence-electron chi connectivity index (χ2n) is 8.41. The summed E-state index contributed by atoms with van der Waals surface area (Å²) < 4.78 is 5.39. The van der Waals surface area contributed by atoms with Gasteiger partial charge < -0.3 is 30.6 Å². The average molecular weight is 574 g/mol. The van der Waals surface area contributed by atoms with Gasteiger partial charge in [0.2, 0.25) is 6.17 Å². The lowest BCUT2D eigenvalue weighted by Gasteiger charge is -2.29. The first kappa shape index (κ1) is 25.9. The summed E-state index contributed by atoms with van der Waals surface area (Å²) in [7, 11) is 0. The Labute approximate surface area is 231 Å². The molecule has 1 aromatic heterocycles. The number of benzene rings is 2. The normalized spacial score (nSPS) is 17.1. The second kappa shape index (κ2) is 11.0. The fourth-order valence-corrected chi connectivity index (χ4v) is 4.82. The van der Waals surface area contributed by atoms with E-state index in [1.165, 1.54) is 6.20 Å². The molecule has 38 heavy (non-hydrogen) atoms. The topological polar surface area (TPSA) is 144 Å². The van der Waals surface area contributed by atoms with Crippen LogP contribution in [0.5, 0.6) is 0 Å². The van der Waals surface area contributed by atoms with Crippen molar-refractivity contribution in [3.05, 3.63) is 84.6 Å². The molecule has 14 heteroatoms. The summed E-state index contributed by atoms with van der Waals surface area (Å²) in [5, 5.41) is 9.66. The predicted molar refractivity (Wildman–Crippen MR) is 151 cm³/mol. The van der Waals surface area contributed by atoms with Gasteiger partial charge in [0.25, 0.3) is 11.5 Å². The number of halogens is 2. The number of hydrogen-bond donors (Lipinski definition) is 5. The third-order valence-corrected chi connectivity index (χ3v) is 6.66. The molecule has 1 atom stereocenters. The van der Waals surface area contributed by atoms with Gasteiger partial charge in [-0.1, -0.05) is 23.2 Å². The van der Waals surface area contributed by atoms with Crippen molar-refractivity contribution < 1.29 is 9.53 Å². The van der Waals surface area contributed by atoms with Crippen molar-refractivity contribution in [1.82, 2.24) is 15.3 Å². The van der Waals surface area contributed by atoms with E-state index in [9.17, 15) is 14.4 Å². The Bertz CT molecular complexity index is 1570. The number of aliphatic imine (C=N–C) groups is 1. The number of hydrogen-bond acceptors (Lipinski definition) is 7. The molecule has 0 radical (unpaired) electrons. The van der Waals surface area contributed by atoms with Crippen LogP contribution in [0.3, 0.4) is 0 Å². The van der Waals surface area contributed by atoms with Crippen LogP contribution in [0, 0.1) is 0 Å². The molecule has 196 valence electrons. The van der Waals surface area contributed by atoms with Gasteiger partial charge in [-0.15, -0.1) is 0 Å². The molecule has 1 fully saturated rings. The van der Waals surface area contributed by atoms with Crippen LogP contribution < -0.4 is 32.1 Å². The standard InChI is InChI=1S/C24H21Cl2N7O4S/c25-12-1-3-17-14(9-12)19(15-11-27-23(36)32-21(15)34)30-20(22(35)29-17)31-24(38)28-13-2-4-18(16(26)10-13)33-5-7-37-8-6-33/h1-4,9-11,20H,5-8H2,(H,29,35)(H2,28,31,38)(H2,27,32,34,36). The Morgan fingerprint density at radius 3 is 2.61 bits per heavy atom. The Morgan fingerprint density at radius 1 is 1.08 bits per heavy atom. The molecule has 2 aliphatic heterocycles. The number of benzodiazepines with no additional fused rings is 1. The van der Waals surface area contributed by atoms with Gasteiger partial charge in [0.05, 0.1) is 40.9 Å². The van der Waals surface area contributed by atoms with Gasteiger partial charge in [0.15, 0.2) is 5.11 Å². The molecule has 1 amide bonds. The number of carbonyl (C=O) groups is 1. The maximum absolute atomic E-state index is 13.1. The summed E-state index contributed by atoms with van der Waals surface area (Å²) in [6.45, 7) is 2.76. The molecule has 5 N–H and O–H groups in total. The molecule has 0 spiro atoms. The zero-order chi connectivity index (χ0) is 26.8. The Balaban J connectivity index is 1.41. The quantitative estimate of drug-likeness (QED) is 0.299. The summed E-state index contributed by atoms with van der Waals surface area (Å²) in [6.07, 6.45) is 0.0113. The van der Waals surface area contributed by atoms with Gasteiger partial charge in [-0.3, -0.25) is 14.6 Å². The number of fused-ring (bicyclic) bond motifs is 1. The smallest absolute Gasteiger partial charge is 0.325 e. The summed E-state index contributed by atoms with van der Waals surface area (Å²) in [6, 6.07) is 10.2. The number of aromatic nitrogens is 2. The van der Waals surface area contributed by atoms with Gasteiger partial charge in [0, 0.05) is 35.6 Å². The highest BCUT2D eigenvalue weighted by atomic mass is 35.5. The number of anilines is 3. The first-order valence-corrected chi connectivity index (χ1v) is 12.7. The Morgan fingerprint density at radius 2 is 1.87 bits per heavy atom. The van der Waals surface area contributed by atoms with Crippen LogP contribution in [0.25, 0.3) is 0 Å². The number of H-pyrrole nitrogens is 2. The van der Waals surface area contributed by atoms with Crippen molar-refractivity contribution in [2.24, 2.45) is 4.99 Å². The number of nitrogens with zero attached hydrogens (tertiary/aromatic N) is 2. The molecular formula is C24H21Cl2N7O4S. The number of aromatic amines is 2. The van der Waals surface area contributed by atoms with Gasteiger partial charge in [-0.2, -0.15) is 0 Å². The minimum Gasteiger partial charge on any atom is -0.378 e. The van der Waals surface area contributed by atoms with Crippen molar-refractivity contribution in [3.63, 3.8) is 0 Å². The first-order valence-electron chi connectivity index (χ1n) is 11.5. The zero-order valence-corrected chi connectivity index (χ0v) is 22.0. The maximum atomic E-state index is 13.1. The number of carbonyl (C=O) groups excluding carboxylic acids is 1. The lowest BCUT2D eigenvalue weighted by molar-refractivity contribution is -0.117. The minimum absolute atomic E-state index is 0.0424. The third kappa shape index (κ3) is 5.58. The molecule has 11 nitrogen and oxygen atoms in total. The van der Waals surface area contributed by atoms with E-state index in [0.717, 1.165) is 18.8 Å². The SMILES string of the molecule is O=C1Nc2ccc(Cl)cc2C(c2c[nH]c(=O)[nH]c2=O)=NC1NC(=S)Nc1ccc(N2CCOCC2)c(Cl)c1. The average Bonchev–Trinajstić information content (AvgIpc) is 3.01. The molecule has 3 aromatic rings. The van der Waals surface area contributed by atoms with E-state index in [-0.39, 0.29) is 16.4 Å². The van der Waals surface area contributed by atoms with Crippen LogP contribution >= 0.6 is 35.4 Å². The summed E-state index contributed by atoms with van der Waals surface area (Å²) in [5.74, 6) is -0.519. The Kier molecular flexibility index (Phi) is 7.47. The van der Waals surface area contributed by atoms with E-state index >= 15 is 0 Å². The minimum atomic E-state index is -1.22. The molecule has 5 rings (SSSR count). The Hall–Kier alpha value is -3.71.